The SMILES string of the molecule is COc1c(C(=O)O)cc(Cl)c(C)c1OC. The van der Waals surface area contributed by atoms with Crippen LogP contribution in [0.3, 0.4) is 0 Å². The third-order valence-corrected chi connectivity index (χ3v) is 2.45. The van der Waals surface area contributed by atoms with E-state index in [4.69, 9.17) is 26.2 Å². The van der Waals surface area contributed by atoms with Gasteiger partial charge in [0.15, 0.2) is 11.5 Å². The van der Waals surface area contributed by atoms with Crippen LogP contribution in [-0.4, -0.2) is 25.3 Å². The largest absolute Gasteiger partial charge is 0.493 e. The Kier molecular flexibility index (Phi) is 3.42. The van der Waals surface area contributed by atoms with Crippen LogP contribution in [0, 0.1) is 6.92 Å². The molecule has 0 aliphatic heterocycles. The van der Waals surface area contributed by atoms with Crippen LogP contribution in [0.1, 0.15) is 15.9 Å². The summed E-state index contributed by atoms with van der Waals surface area (Å²) in [6.07, 6.45) is 0. The number of hydrogen-bond acceptors (Lipinski definition) is 3. The quantitative estimate of drug-likeness (QED) is 0.866. The number of carbonyl (C=O) groups is 1. The van der Waals surface area contributed by atoms with E-state index in [2.05, 4.69) is 0 Å². The molecule has 4 nitrogen and oxygen atoms in total. The van der Waals surface area contributed by atoms with Gasteiger partial charge < -0.3 is 14.6 Å². The van der Waals surface area contributed by atoms with Crippen LogP contribution in [0.5, 0.6) is 11.5 Å². The van der Waals surface area contributed by atoms with E-state index in [1.54, 1.807) is 6.92 Å². The zero-order chi connectivity index (χ0) is 11.6. The molecule has 0 radical (unpaired) electrons. The molecule has 0 spiro atoms. The van der Waals surface area contributed by atoms with E-state index >= 15 is 0 Å². The zero-order valence-electron chi connectivity index (χ0n) is 8.63. The van der Waals surface area contributed by atoms with Gasteiger partial charge in [0.25, 0.3) is 0 Å². The van der Waals surface area contributed by atoms with Crippen LogP contribution in [0.4, 0.5) is 0 Å². The highest BCUT2D eigenvalue weighted by molar-refractivity contribution is 6.32. The number of ether oxygens (including phenoxy) is 2. The van der Waals surface area contributed by atoms with E-state index in [0.29, 0.717) is 16.3 Å². The molecule has 1 aromatic carbocycles. The molecule has 0 fully saturated rings. The highest BCUT2D eigenvalue weighted by Crippen LogP contribution is 2.38. The molecule has 0 aliphatic carbocycles. The lowest BCUT2D eigenvalue weighted by atomic mass is 10.1. The van der Waals surface area contributed by atoms with Crippen molar-refractivity contribution in [2.24, 2.45) is 0 Å². The molecule has 0 saturated carbocycles. The molecule has 1 rings (SSSR count). The van der Waals surface area contributed by atoms with Gasteiger partial charge in [0.1, 0.15) is 5.56 Å². The van der Waals surface area contributed by atoms with Crippen LogP contribution in [-0.2, 0) is 0 Å². The summed E-state index contributed by atoms with van der Waals surface area (Å²) in [7, 11) is 2.82. The molecule has 1 aromatic rings. The summed E-state index contributed by atoms with van der Waals surface area (Å²) in [6, 6.07) is 1.35. The molecule has 15 heavy (non-hydrogen) atoms. The normalized spacial score (nSPS) is 9.87. The number of carboxylic acid groups (broad SMARTS) is 1. The van der Waals surface area contributed by atoms with Gasteiger partial charge in [0.05, 0.1) is 14.2 Å². The Morgan fingerprint density at radius 1 is 1.33 bits per heavy atom. The molecule has 0 bridgehead atoms. The van der Waals surface area contributed by atoms with Crippen molar-refractivity contribution >= 4 is 17.6 Å². The summed E-state index contributed by atoms with van der Waals surface area (Å²) in [5, 5.41) is 9.28. The second-order valence-electron chi connectivity index (χ2n) is 2.90. The van der Waals surface area contributed by atoms with Crippen LogP contribution >= 0.6 is 11.6 Å². The van der Waals surface area contributed by atoms with E-state index in [1.807, 2.05) is 0 Å². The molecule has 82 valence electrons. The summed E-state index contributed by atoms with van der Waals surface area (Å²) < 4.78 is 10.1. The van der Waals surface area contributed by atoms with Crippen LogP contribution in [0.15, 0.2) is 6.07 Å². The van der Waals surface area contributed by atoms with Crippen LogP contribution in [0.2, 0.25) is 5.02 Å². The highest BCUT2D eigenvalue weighted by atomic mass is 35.5. The lowest BCUT2D eigenvalue weighted by Gasteiger charge is -2.13. The van der Waals surface area contributed by atoms with Crippen molar-refractivity contribution < 1.29 is 19.4 Å². The Morgan fingerprint density at radius 2 is 1.87 bits per heavy atom. The lowest BCUT2D eigenvalue weighted by molar-refractivity contribution is 0.0692. The molecule has 0 unspecified atom stereocenters. The first-order valence-electron chi connectivity index (χ1n) is 4.17. The summed E-state index contributed by atoms with van der Waals surface area (Å²) >= 11 is 5.87. The van der Waals surface area contributed by atoms with Crippen molar-refractivity contribution in [1.29, 1.82) is 0 Å². The van der Waals surface area contributed by atoms with Crippen LogP contribution in [0.25, 0.3) is 0 Å². The van der Waals surface area contributed by atoms with E-state index in [9.17, 15) is 4.79 Å². The maximum Gasteiger partial charge on any atom is 0.339 e. The molecule has 0 amide bonds. The Bertz CT molecular complexity index is 401. The Labute approximate surface area is 92.4 Å². The van der Waals surface area contributed by atoms with Crippen molar-refractivity contribution in [3.63, 3.8) is 0 Å². The lowest BCUT2D eigenvalue weighted by Crippen LogP contribution is -2.04. The molecule has 0 saturated heterocycles. The van der Waals surface area contributed by atoms with Gasteiger partial charge in [-0.15, -0.1) is 0 Å². The number of carboxylic acids is 1. The maximum atomic E-state index is 10.9. The molecular weight excluding hydrogens is 220 g/mol. The number of rotatable bonds is 3. The number of hydrogen-bond donors (Lipinski definition) is 1. The number of halogens is 1. The summed E-state index contributed by atoms with van der Waals surface area (Å²) in [4.78, 5) is 10.9. The van der Waals surface area contributed by atoms with Gasteiger partial charge in [-0.2, -0.15) is 0 Å². The van der Waals surface area contributed by atoms with E-state index in [0.717, 1.165) is 0 Å². The Hall–Kier alpha value is -1.42. The molecule has 0 aliphatic rings. The van der Waals surface area contributed by atoms with Gasteiger partial charge >= 0.3 is 5.97 Å². The van der Waals surface area contributed by atoms with Crippen molar-refractivity contribution in [3.05, 3.63) is 22.2 Å². The smallest absolute Gasteiger partial charge is 0.339 e. The fraction of sp³-hybridized carbons (Fsp3) is 0.300. The van der Waals surface area contributed by atoms with Crippen molar-refractivity contribution in [1.82, 2.24) is 0 Å². The Morgan fingerprint density at radius 3 is 2.27 bits per heavy atom. The predicted molar refractivity (Wildman–Crippen MR) is 56.3 cm³/mol. The first-order chi connectivity index (χ1) is 7.02. The van der Waals surface area contributed by atoms with Gasteiger partial charge in [0.2, 0.25) is 0 Å². The molecule has 0 aromatic heterocycles. The monoisotopic (exact) mass is 230 g/mol. The van der Waals surface area contributed by atoms with E-state index < -0.39 is 5.97 Å². The first-order valence-corrected chi connectivity index (χ1v) is 4.55. The van der Waals surface area contributed by atoms with Crippen LogP contribution < -0.4 is 9.47 Å². The number of benzene rings is 1. The average Bonchev–Trinajstić information content (AvgIpc) is 2.20. The second kappa shape index (κ2) is 4.40. The standard InChI is InChI=1S/C10H11ClO4/c1-5-7(11)4-6(10(12)13)9(15-3)8(5)14-2/h4H,1-3H3,(H,12,13). The van der Waals surface area contributed by atoms with Crippen molar-refractivity contribution in [2.75, 3.05) is 14.2 Å². The minimum absolute atomic E-state index is 0.00931. The second-order valence-corrected chi connectivity index (χ2v) is 3.31. The van der Waals surface area contributed by atoms with Gasteiger partial charge in [0, 0.05) is 10.6 Å². The van der Waals surface area contributed by atoms with Gasteiger partial charge in [-0.05, 0) is 13.0 Å². The van der Waals surface area contributed by atoms with E-state index in [1.165, 1.54) is 20.3 Å². The van der Waals surface area contributed by atoms with Gasteiger partial charge in [-0.3, -0.25) is 0 Å². The highest BCUT2D eigenvalue weighted by Gasteiger charge is 2.20. The molecular formula is C10H11ClO4. The molecule has 1 N–H and O–H groups in total. The number of aromatic carboxylic acids is 1. The minimum Gasteiger partial charge on any atom is -0.493 e. The fourth-order valence-electron chi connectivity index (χ4n) is 1.31. The summed E-state index contributed by atoms with van der Waals surface area (Å²) in [5.41, 5.74) is 0.644. The third-order valence-electron chi connectivity index (χ3n) is 2.06. The van der Waals surface area contributed by atoms with Gasteiger partial charge in [-0.25, -0.2) is 4.79 Å². The van der Waals surface area contributed by atoms with Crippen molar-refractivity contribution in [3.8, 4) is 11.5 Å². The fourth-order valence-corrected chi connectivity index (χ4v) is 1.50. The average molecular weight is 231 g/mol. The van der Waals surface area contributed by atoms with Gasteiger partial charge in [-0.1, -0.05) is 11.6 Å². The predicted octanol–water partition coefficient (Wildman–Crippen LogP) is 2.36. The zero-order valence-corrected chi connectivity index (χ0v) is 9.38. The Balaban J connectivity index is 3.54. The topological polar surface area (TPSA) is 55.8 Å². The minimum atomic E-state index is -1.10. The van der Waals surface area contributed by atoms with E-state index in [-0.39, 0.29) is 11.3 Å². The summed E-state index contributed by atoms with van der Waals surface area (Å²) in [5.74, 6) is -0.568. The summed E-state index contributed by atoms with van der Waals surface area (Å²) in [6.45, 7) is 1.73. The molecule has 0 heterocycles. The maximum absolute atomic E-state index is 10.9. The number of methoxy groups -OCH3 is 2. The first kappa shape index (κ1) is 11.7. The molecule has 5 heteroatoms. The molecule has 0 atom stereocenters. The third kappa shape index (κ3) is 1.99. The van der Waals surface area contributed by atoms with Crippen molar-refractivity contribution in [2.45, 2.75) is 6.92 Å².